The lowest BCUT2D eigenvalue weighted by Gasteiger charge is -2.36. The molecule has 0 amide bonds. The highest BCUT2D eigenvalue weighted by atomic mass is 32.2. The molecule has 172 valence electrons. The number of thioether (sulfide) groups is 1. The smallest absolute Gasteiger partial charge is 0.224 e. The summed E-state index contributed by atoms with van der Waals surface area (Å²) in [5, 5.41) is 1.98. The summed E-state index contributed by atoms with van der Waals surface area (Å²) in [6.07, 6.45) is 11.5. The minimum atomic E-state index is -1.90. The molecule has 1 fully saturated rings. The number of unbranched alkanes of at least 4 members (excludes halogenated alkanes) is 4. The molecule has 0 radical (unpaired) electrons. The predicted molar refractivity (Wildman–Crippen MR) is 128 cm³/mol. The molecule has 1 aliphatic heterocycles. The molecule has 0 aromatic heterocycles. The van der Waals surface area contributed by atoms with Crippen molar-refractivity contribution in [1.82, 2.24) is 5.23 Å². The second-order valence-electron chi connectivity index (χ2n) is 8.76. The third kappa shape index (κ3) is 9.02. The third-order valence-corrected chi connectivity index (χ3v) is 11.7. The Morgan fingerprint density at radius 1 is 0.966 bits per heavy atom. The number of carbonyl (C=O) groups is 1. The molecule has 2 unspecified atom stereocenters. The fraction of sp³-hybridized carbons (Fsp3) is 0.957. The summed E-state index contributed by atoms with van der Waals surface area (Å²) < 4.78 is 6.89. The molecule has 4 nitrogen and oxygen atoms in total. The summed E-state index contributed by atoms with van der Waals surface area (Å²) in [4.78, 5) is 18.4. The van der Waals surface area contributed by atoms with Crippen LogP contribution in [0.1, 0.15) is 112 Å². The zero-order valence-electron chi connectivity index (χ0n) is 20.1. The summed E-state index contributed by atoms with van der Waals surface area (Å²) in [7, 11) is -1.90. The molecule has 0 bridgehead atoms. The normalized spacial score (nSPS) is 23.0. The summed E-state index contributed by atoms with van der Waals surface area (Å²) in [5.74, 6) is 0.286. The lowest BCUT2D eigenvalue weighted by Crippen LogP contribution is -2.46. The molecule has 1 aliphatic rings. The van der Waals surface area contributed by atoms with E-state index in [0.717, 1.165) is 19.3 Å². The van der Waals surface area contributed by atoms with Crippen molar-refractivity contribution in [3.8, 4) is 0 Å². The molecule has 0 N–H and O–H groups in total. The van der Waals surface area contributed by atoms with Gasteiger partial charge in [0.2, 0.25) is 8.32 Å². The quantitative estimate of drug-likeness (QED) is 0.213. The molecule has 2 atom stereocenters. The van der Waals surface area contributed by atoms with Crippen molar-refractivity contribution in [2.75, 3.05) is 0 Å². The molecule has 1 saturated heterocycles. The van der Waals surface area contributed by atoms with Gasteiger partial charge in [-0.25, -0.2) is 0 Å². The van der Waals surface area contributed by atoms with Crippen LogP contribution in [0.2, 0.25) is 18.1 Å². The Kier molecular flexibility index (Phi) is 13.3. The molecular weight excluding hydrogens is 398 g/mol. The molecule has 0 saturated carbocycles. The maximum atomic E-state index is 12.3. The van der Waals surface area contributed by atoms with Crippen molar-refractivity contribution in [2.24, 2.45) is 0 Å². The summed E-state index contributed by atoms with van der Waals surface area (Å²) in [5.41, 5.74) is 0. The number of hydrogen-bond donors (Lipinski definition) is 0. The van der Waals surface area contributed by atoms with Gasteiger partial charge in [0.1, 0.15) is 16.1 Å². The number of ketones is 1. The van der Waals surface area contributed by atoms with Gasteiger partial charge in [-0.1, -0.05) is 84.8 Å². The van der Waals surface area contributed by atoms with Crippen molar-refractivity contribution in [1.29, 1.82) is 0 Å². The van der Waals surface area contributed by atoms with Crippen molar-refractivity contribution in [3.63, 3.8) is 0 Å². The van der Waals surface area contributed by atoms with Gasteiger partial charge in [-0.05, 0) is 37.9 Å². The minimum Gasteiger partial charge on any atom is -0.319 e. The van der Waals surface area contributed by atoms with Crippen LogP contribution in [-0.4, -0.2) is 29.6 Å². The van der Waals surface area contributed by atoms with E-state index in [1.54, 1.807) is 11.8 Å². The monoisotopic (exact) mass is 445 g/mol. The van der Waals surface area contributed by atoms with Crippen molar-refractivity contribution < 1.29 is 14.2 Å². The van der Waals surface area contributed by atoms with E-state index < -0.39 is 13.3 Å². The highest BCUT2D eigenvalue weighted by Crippen LogP contribution is 2.48. The zero-order chi connectivity index (χ0) is 21.8. The van der Waals surface area contributed by atoms with Gasteiger partial charge in [0.15, 0.2) is 0 Å². The Hall–Kier alpha value is 0.117. The maximum absolute atomic E-state index is 12.3. The Bertz CT molecular complexity index is 444. The van der Waals surface area contributed by atoms with Gasteiger partial charge in [-0.2, -0.15) is 0 Å². The topological polar surface area (TPSA) is 38.8 Å². The summed E-state index contributed by atoms with van der Waals surface area (Å²) in [6, 6.07) is 3.66. The first-order valence-electron chi connectivity index (χ1n) is 12.3. The summed E-state index contributed by atoms with van der Waals surface area (Å²) in [6.45, 7) is 13.1. The van der Waals surface area contributed by atoms with Gasteiger partial charge in [-0.15, -0.1) is 11.8 Å². The van der Waals surface area contributed by atoms with E-state index in [0.29, 0.717) is 12.8 Å². The van der Waals surface area contributed by atoms with Crippen LogP contribution in [0.5, 0.6) is 0 Å². The van der Waals surface area contributed by atoms with Gasteiger partial charge in [0.05, 0.1) is 0 Å². The molecule has 0 spiro atoms. The second-order valence-corrected chi connectivity index (χ2v) is 14.5. The first-order valence-corrected chi connectivity index (χ1v) is 15.7. The van der Waals surface area contributed by atoms with E-state index in [4.69, 9.17) is 9.36 Å². The van der Waals surface area contributed by atoms with Crippen molar-refractivity contribution >= 4 is 25.9 Å². The fourth-order valence-corrected chi connectivity index (χ4v) is 10.1. The van der Waals surface area contributed by atoms with Crippen LogP contribution in [0, 0.1) is 0 Å². The van der Waals surface area contributed by atoms with Crippen LogP contribution in [0.4, 0.5) is 0 Å². The van der Waals surface area contributed by atoms with Gasteiger partial charge in [0.25, 0.3) is 0 Å². The van der Waals surface area contributed by atoms with E-state index in [-0.39, 0.29) is 11.2 Å². The van der Waals surface area contributed by atoms with E-state index >= 15 is 0 Å². The average molecular weight is 446 g/mol. The molecular formula is C23H47NO3SSi. The number of hydroxylamine groups is 2. The third-order valence-electron chi connectivity index (χ3n) is 5.95. The number of carbonyl (C=O) groups excluding carboxylic acids is 1. The maximum Gasteiger partial charge on any atom is 0.224 e. The molecule has 0 aliphatic carbocycles. The standard InChI is InChI=1S/C23H47NO3SSi/c1-7-12-16-23(20-22(25)11-5)26-24(21(6)28-23)27-29(17-13-8-2,18-14-9-3)19-15-10-4/h21H,7-20H2,1-6H3. The average Bonchev–Trinajstić information content (AvgIpc) is 3.02. The minimum absolute atomic E-state index is 0.133. The molecule has 1 heterocycles. The largest absolute Gasteiger partial charge is 0.319 e. The van der Waals surface area contributed by atoms with Crippen LogP contribution < -0.4 is 0 Å². The van der Waals surface area contributed by atoms with Crippen LogP contribution in [0.25, 0.3) is 0 Å². The first-order chi connectivity index (χ1) is 13.9. The molecule has 0 aromatic carbocycles. The Morgan fingerprint density at radius 3 is 1.93 bits per heavy atom. The second kappa shape index (κ2) is 14.2. The van der Waals surface area contributed by atoms with E-state index in [1.165, 1.54) is 56.7 Å². The van der Waals surface area contributed by atoms with Crippen LogP contribution in [0.15, 0.2) is 0 Å². The van der Waals surface area contributed by atoms with E-state index in [2.05, 4.69) is 34.6 Å². The molecule has 29 heavy (non-hydrogen) atoms. The predicted octanol–water partition coefficient (Wildman–Crippen LogP) is 7.85. The molecule has 6 heteroatoms. The lowest BCUT2D eigenvalue weighted by molar-refractivity contribution is -0.346. The number of rotatable bonds is 17. The van der Waals surface area contributed by atoms with E-state index in [9.17, 15) is 4.79 Å². The zero-order valence-corrected chi connectivity index (χ0v) is 21.9. The van der Waals surface area contributed by atoms with Crippen LogP contribution in [-0.2, 0) is 14.2 Å². The SMILES string of the molecule is CCCCC1(CC(=O)CC)ON(O[Si](CCCC)(CCCC)CCCC)C(C)S1. The summed E-state index contributed by atoms with van der Waals surface area (Å²) >= 11 is 1.80. The van der Waals surface area contributed by atoms with Gasteiger partial charge < -0.3 is 4.53 Å². The Morgan fingerprint density at radius 2 is 1.48 bits per heavy atom. The van der Waals surface area contributed by atoms with Gasteiger partial charge >= 0.3 is 0 Å². The number of hydrogen-bond acceptors (Lipinski definition) is 5. The van der Waals surface area contributed by atoms with Crippen LogP contribution >= 0.6 is 11.8 Å². The Labute approximate surface area is 185 Å². The lowest BCUT2D eigenvalue weighted by atomic mass is 10.0. The highest BCUT2D eigenvalue weighted by Gasteiger charge is 2.49. The number of Topliss-reactive ketones (excluding diaryl/α,β-unsaturated/α-hetero) is 1. The molecule has 1 rings (SSSR count). The Balaban J connectivity index is 3.01. The van der Waals surface area contributed by atoms with Gasteiger partial charge in [0, 0.05) is 12.8 Å². The molecule has 0 aromatic rings. The van der Waals surface area contributed by atoms with Crippen molar-refractivity contribution in [3.05, 3.63) is 0 Å². The first kappa shape index (κ1) is 27.2. The van der Waals surface area contributed by atoms with E-state index in [1.807, 2.05) is 12.2 Å². The highest BCUT2D eigenvalue weighted by molar-refractivity contribution is 8.01. The van der Waals surface area contributed by atoms with Crippen LogP contribution in [0.3, 0.4) is 0 Å². The van der Waals surface area contributed by atoms with Gasteiger partial charge in [-0.3, -0.25) is 9.63 Å². The number of nitrogens with zero attached hydrogens (tertiary/aromatic N) is 1. The fourth-order valence-electron chi connectivity index (χ4n) is 4.04. The van der Waals surface area contributed by atoms with Crippen molar-refractivity contribution in [2.45, 2.75) is 141 Å².